The van der Waals surface area contributed by atoms with Crippen LogP contribution in [-0.2, 0) is 17.6 Å². The first-order valence-corrected chi connectivity index (χ1v) is 7.91. The van der Waals surface area contributed by atoms with Gasteiger partial charge in [0.25, 0.3) is 0 Å². The molecule has 2 rings (SSSR count). The van der Waals surface area contributed by atoms with Crippen LogP contribution in [0, 0.1) is 0 Å². The number of nitrogens with one attached hydrogen (secondary N) is 1. The minimum atomic E-state index is -0.108. The third-order valence-corrected chi connectivity index (χ3v) is 3.85. The second kappa shape index (κ2) is 6.98. The quantitative estimate of drug-likeness (QED) is 0.832. The molecular formula is C12H11BrClN3OS. The molecule has 0 unspecified atom stereocenters. The maximum absolute atomic E-state index is 11.8. The van der Waals surface area contributed by atoms with Crippen LogP contribution in [0.4, 0.5) is 5.13 Å². The largest absolute Gasteiger partial charge is 0.300 e. The molecule has 0 fully saturated rings. The normalized spacial score (nSPS) is 10.4. The summed E-state index contributed by atoms with van der Waals surface area (Å²) < 4.78 is 0. The van der Waals surface area contributed by atoms with Crippen molar-refractivity contribution in [2.24, 2.45) is 0 Å². The number of alkyl halides is 1. The van der Waals surface area contributed by atoms with E-state index in [2.05, 4.69) is 31.4 Å². The molecule has 0 aliphatic rings. The zero-order valence-corrected chi connectivity index (χ0v) is 13.1. The molecule has 0 radical (unpaired) electrons. The molecule has 0 atom stereocenters. The number of hydrogen-bond acceptors (Lipinski definition) is 4. The van der Waals surface area contributed by atoms with E-state index in [1.807, 2.05) is 12.1 Å². The first-order valence-electron chi connectivity index (χ1n) is 5.60. The number of anilines is 1. The van der Waals surface area contributed by atoms with Crippen LogP contribution in [0.15, 0.2) is 24.3 Å². The van der Waals surface area contributed by atoms with E-state index < -0.39 is 0 Å². The number of benzene rings is 1. The summed E-state index contributed by atoms with van der Waals surface area (Å²) in [6.07, 6.45) is 1.11. The molecular weight excluding hydrogens is 350 g/mol. The van der Waals surface area contributed by atoms with Crippen molar-refractivity contribution < 1.29 is 4.79 Å². The molecule has 1 aromatic heterocycles. The number of halogens is 2. The fourth-order valence-corrected chi connectivity index (χ4v) is 2.96. The molecule has 1 heterocycles. The van der Waals surface area contributed by atoms with Gasteiger partial charge in [-0.05, 0) is 17.7 Å². The Morgan fingerprint density at radius 1 is 1.32 bits per heavy atom. The van der Waals surface area contributed by atoms with Crippen molar-refractivity contribution in [2.45, 2.75) is 12.8 Å². The molecule has 100 valence electrons. The van der Waals surface area contributed by atoms with E-state index in [9.17, 15) is 4.79 Å². The Bertz CT molecular complexity index is 558. The highest BCUT2D eigenvalue weighted by atomic mass is 79.9. The molecule has 0 aliphatic heterocycles. The predicted octanol–water partition coefficient (Wildman–Crippen LogP) is 3.31. The minimum Gasteiger partial charge on any atom is -0.300 e. The number of carbonyl (C=O) groups is 1. The van der Waals surface area contributed by atoms with Gasteiger partial charge in [-0.2, -0.15) is 0 Å². The molecule has 1 aromatic carbocycles. The minimum absolute atomic E-state index is 0.108. The van der Waals surface area contributed by atoms with Gasteiger partial charge in [0.1, 0.15) is 5.01 Å². The number of aromatic nitrogens is 2. The van der Waals surface area contributed by atoms with Crippen LogP contribution in [0.2, 0.25) is 5.02 Å². The summed E-state index contributed by atoms with van der Waals surface area (Å²) in [6.45, 7) is 0. The van der Waals surface area contributed by atoms with E-state index in [-0.39, 0.29) is 5.91 Å². The Morgan fingerprint density at radius 2 is 2.05 bits per heavy atom. The van der Waals surface area contributed by atoms with Gasteiger partial charge in [-0.1, -0.05) is 51.0 Å². The SMILES string of the molecule is O=C(Cc1ccc(Cl)cc1)Nc1nnc(CCBr)s1. The van der Waals surface area contributed by atoms with Crippen molar-refractivity contribution in [3.63, 3.8) is 0 Å². The zero-order chi connectivity index (χ0) is 13.7. The summed E-state index contributed by atoms with van der Waals surface area (Å²) in [7, 11) is 0. The lowest BCUT2D eigenvalue weighted by molar-refractivity contribution is -0.115. The van der Waals surface area contributed by atoms with Crippen molar-refractivity contribution in [1.82, 2.24) is 10.2 Å². The van der Waals surface area contributed by atoms with Gasteiger partial charge in [0.2, 0.25) is 11.0 Å². The zero-order valence-electron chi connectivity index (χ0n) is 9.90. The number of carbonyl (C=O) groups excluding carboxylic acids is 1. The van der Waals surface area contributed by atoms with E-state index in [1.165, 1.54) is 11.3 Å². The second-order valence-electron chi connectivity index (χ2n) is 3.79. The van der Waals surface area contributed by atoms with Gasteiger partial charge in [-0.3, -0.25) is 4.79 Å². The monoisotopic (exact) mass is 359 g/mol. The maximum Gasteiger partial charge on any atom is 0.230 e. The van der Waals surface area contributed by atoms with Crippen LogP contribution in [-0.4, -0.2) is 21.4 Å². The van der Waals surface area contributed by atoms with Crippen LogP contribution in [0.3, 0.4) is 0 Å². The summed E-state index contributed by atoms with van der Waals surface area (Å²) >= 11 is 10.5. The number of nitrogens with zero attached hydrogens (tertiary/aromatic N) is 2. The molecule has 1 amide bonds. The van der Waals surface area contributed by atoms with E-state index in [4.69, 9.17) is 11.6 Å². The number of aryl methyl sites for hydroxylation is 1. The van der Waals surface area contributed by atoms with Crippen molar-refractivity contribution in [3.8, 4) is 0 Å². The van der Waals surface area contributed by atoms with Gasteiger partial charge in [0, 0.05) is 16.8 Å². The first kappa shape index (κ1) is 14.4. The van der Waals surface area contributed by atoms with Gasteiger partial charge in [-0.25, -0.2) is 0 Å². The Morgan fingerprint density at radius 3 is 2.74 bits per heavy atom. The van der Waals surface area contributed by atoms with Gasteiger partial charge >= 0.3 is 0 Å². The fourth-order valence-electron chi connectivity index (χ4n) is 1.44. The third-order valence-electron chi connectivity index (χ3n) is 2.30. The molecule has 0 saturated carbocycles. The molecule has 2 aromatic rings. The summed E-state index contributed by atoms with van der Waals surface area (Å²) in [4.78, 5) is 11.8. The lowest BCUT2D eigenvalue weighted by Gasteiger charge is -2.01. The average Bonchev–Trinajstić information content (AvgIpc) is 2.80. The number of hydrogen-bond donors (Lipinski definition) is 1. The summed E-state index contributed by atoms with van der Waals surface area (Å²) in [5.74, 6) is -0.108. The van der Waals surface area contributed by atoms with E-state index in [0.29, 0.717) is 16.6 Å². The topological polar surface area (TPSA) is 54.9 Å². The van der Waals surface area contributed by atoms with Crippen LogP contribution >= 0.6 is 38.9 Å². The third kappa shape index (κ3) is 4.56. The first-order chi connectivity index (χ1) is 9.17. The molecule has 7 heteroatoms. The van der Waals surface area contributed by atoms with Crippen LogP contribution in [0.5, 0.6) is 0 Å². The summed E-state index contributed by atoms with van der Waals surface area (Å²) in [6, 6.07) is 7.20. The van der Waals surface area contributed by atoms with Crippen molar-refractivity contribution >= 4 is 49.9 Å². The Labute approximate surface area is 128 Å². The van der Waals surface area contributed by atoms with E-state index in [1.54, 1.807) is 12.1 Å². The van der Waals surface area contributed by atoms with Gasteiger partial charge in [0.05, 0.1) is 6.42 Å². The Balaban J connectivity index is 1.91. The Kier molecular flexibility index (Phi) is 5.30. The lowest BCUT2D eigenvalue weighted by atomic mass is 10.1. The maximum atomic E-state index is 11.8. The molecule has 0 saturated heterocycles. The van der Waals surface area contributed by atoms with Gasteiger partial charge in [-0.15, -0.1) is 10.2 Å². The Hall–Kier alpha value is -0.980. The van der Waals surface area contributed by atoms with Crippen LogP contribution in [0.1, 0.15) is 10.6 Å². The lowest BCUT2D eigenvalue weighted by Crippen LogP contribution is -2.14. The second-order valence-corrected chi connectivity index (χ2v) is 6.08. The number of amides is 1. The molecule has 0 spiro atoms. The van der Waals surface area contributed by atoms with Gasteiger partial charge in [0.15, 0.2) is 0 Å². The van der Waals surface area contributed by atoms with Crippen LogP contribution < -0.4 is 5.32 Å². The highest BCUT2D eigenvalue weighted by Gasteiger charge is 2.08. The summed E-state index contributed by atoms with van der Waals surface area (Å²) in [5, 5.41) is 13.6. The molecule has 0 bridgehead atoms. The molecule has 1 N–H and O–H groups in total. The smallest absolute Gasteiger partial charge is 0.230 e. The average molecular weight is 361 g/mol. The van der Waals surface area contributed by atoms with E-state index in [0.717, 1.165) is 22.3 Å². The van der Waals surface area contributed by atoms with E-state index >= 15 is 0 Å². The van der Waals surface area contributed by atoms with Crippen LogP contribution in [0.25, 0.3) is 0 Å². The highest BCUT2D eigenvalue weighted by Crippen LogP contribution is 2.17. The molecule has 19 heavy (non-hydrogen) atoms. The molecule has 0 aliphatic carbocycles. The molecule has 4 nitrogen and oxygen atoms in total. The number of rotatable bonds is 5. The summed E-state index contributed by atoms with van der Waals surface area (Å²) in [5.41, 5.74) is 0.909. The fraction of sp³-hybridized carbons (Fsp3) is 0.250. The van der Waals surface area contributed by atoms with Crippen molar-refractivity contribution in [3.05, 3.63) is 39.9 Å². The standard InChI is InChI=1S/C12H11BrClN3OS/c13-6-5-11-16-17-12(19-11)15-10(18)7-8-1-3-9(14)4-2-8/h1-4H,5-7H2,(H,15,17,18). The van der Waals surface area contributed by atoms with Crippen molar-refractivity contribution in [2.75, 3.05) is 10.6 Å². The van der Waals surface area contributed by atoms with Gasteiger partial charge < -0.3 is 5.32 Å². The van der Waals surface area contributed by atoms with Crippen molar-refractivity contribution in [1.29, 1.82) is 0 Å². The highest BCUT2D eigenvalue weighted by molar-refractivity contribution is 9.09. The predicted molar refractivity (Wildman–Crippen MR) is 81.2 cm³/mol.